The minimum atomic E-state index is -1.55. The van der Waals surface area contributed by atoms with Crippen LogP contribution in [0.2, 0.25) is 0 Å². The van der Waals surface area contributed by atoms with Gasteiger partial charge < -0.3 is 20.9 Å². The maximum atomic E-state index is 8.98. The van der Waals surface area contributed by atoms with Crippen LogP contribution >= 0.6 is 0 Å². The van der Waals surface area contributed by atoms with E-state index in [9.17, 15) is 0 Å². The Kier molecular flexibility index (Phi) is 6.23. The Morgan fingerprint density at radius 1 is 1.21 bits per heavy atom. The van der Waals surface area contributed by atoms with E-state index in [-0.39, 0.29) is 31.0 Å². The van der Waals surface area contributed by atoms with E-state index in [0.717, 1.165) is 0 Å². The van der Waals surface area contributed by atoms with Crippen LogP contribution in [0, 0.1) is 0 Å². The first kappa shape index (κ1) is 13.8. The van der Waals surface area contributed by atoms with Crippen LogP contribution in [0.3, 0.4) is 0 Å². The van der Waals surface area contributed by atoms with Crippen molar-refractivity contribution in [1.29, 1.82) is 0 Å². The zero-order valence-corrected chi connectivity index (χ0v) is 10.5. The molecule has 0 saturated heterocycles. The summed E-state index contributed by atoms with van der Waals surface area (Å²) in [4.78, 5) is 0. The fraction of sp³-hybridized carbons (Fsp3) is 0.250. The molecule has 0 aromatic heterocycles. The van der Waals surface area contributed by atoms with Gasteiger partial charge in [0.1, 0.15) is 11.5 Å². The Hall–Kier alpha value is -0.195. The summed E-state index contributed by atoms with van der Waals surface area (Å²) in [7, 11) is 1.42. The van der Waals surface area contributed by atoms with Gasteiger partial charge >= 0.3 is 36.7 Å². The number of methoxy groups -OCH3 is 2. The van der Waals surface area contributed by atoms with Crippen molar-refractivity contribution in [3.8, 4) is 11.5 Å². The van der Waals surface area contributed by atoms with Gasteiger partial charge in [0.15, 0.2) is 0 Å². The molecule has 72 valence electrons. The zero-order valence-electron chi connectivity index (χ0n) is 9.52. The first-order chi connectivity index (χ1) is 6.19. The predicted molar refractivity (Wildman–Crippen MR) is 50.5 cm³/mol. The van der Waals surface area contributed by atoms with E-state index >= 15 is 0 Å². The fourth-order valence-corrected chi connectivity index (χ4v) is 1.04. The topological polar surface area (TPSA) is 58.9 Å². The molecule has 0 saturated carbocycles. The summed E-state index contributed by atoms with van der Waals surface area (Å²) in [6.07, 6.45) is 0. The van der Waals surface area contributed by atoms with Gasteiger partial charge in [-0.05, 0) is 18.2 Å². The Labute approximate surface area is 107 Å². The van der Waals surface area contributed by atoms with Crippen molar-refractivity contribution in [3.63, 3.8) is 0 Å². The van der Waals surface area contributed by atoms with E-state index in [4.69, 9.17) is 19.5 Å². The SMILES string of the molecule is COc1ccc(OC)c(B(O)O)c1.[H-].[Na+]. The number of benzene rings is 1. The van der Waals surface area contributed by atoms with Gasteiger partial charge in [-0.25, -0.2) is 0 Å². The maximum Gasteiger partial charge on any atom is 1.00 e. The van der Waals surface area contributed by atoms with Crippen LogP contribution < -0.4 is 44.5 Å². The Morgan fingerprint density at radius 2 is 1.86 bits per heavy atom. The van der Waals surface area contributed by atoms with E-state index in [0.29, 0.717) is 17.0 Å². The quantitative estimate of drug-likeness (QED) is 0.504. The van der Waals surface area contributed by atoms with Gasteiger partial charge in [-0.3, -0.25) is 0 Å². The Morgan fingerprint density at radius 3 is 2.29 bits per heavy atom. The molecular formula is C8H12BNaO4. The predicted octanol–water partition coefficient (Wildman–Crippen LogP) is -3.50. The van der Waals surface area contributed by atoms with Crippen LogP contribution in [0.25, 0.3) is 0 Å². The molecule has 0 amide bonds. The van der Waals surface area contributed by atoms with Crippen molar-refractivity contribution in [2.45, 2.75) is 0 Å². The number of hydrogen-bond acceptors (Lipinski definition) is 4. The normalized spacial score (nSPS) is 8.86. The van der Waals surface area contributed by atoms with Crippen molar-refractivity contribution < 1.29 is 50.5 Å². The molecule has 0 bridgehead atoms. The van der Waals surface area contributed by atoms with Gasteiger partial charge in [0.25, 0.3) is 0 Å². The van der Waals surface area contributed by atoms with E-state index in [1.54, 1.807) is 12.1 Å². The smallest absolute Gasteiger partial charge is 1.00 e. The Bertz CT molecular complexity index is 298. The van der Waals surface area contributed by atoms with Gasteiger partial charge in [0.2, 0.25) is 0 Å². The molecule has 0 fully saturated rings. The van der Waals surface area contributed by atoms with Gasteiger partial charge in [0.05, 0.1) is 14.2 Å². The molecule has 0 heterocycles. The Balaban J connectivity index is 0. The average Bonchev–Trinajstić information content (AvgIpc) is 2.16. The second-order valence-electron chi connectivity index (χ2n) is 2.48. The summed E-state index contributed by atoms with van der Waals surface area (Å²) >= 11 is 0. The molecule has 0 aliphatic rings. The van der Waals surface area contributed by atoms with Crippen LogP contribution in [0.4, 0.5) is 0 Å². The third-order valence-electron chi connectivity index (χ3n) is 1.72. The molecule has 0 atom stereocenters. The van der Waals surface area contributed by atoms with Crippen molar-refractivity contribution in [1.82, 2.24) is 0 Å². The van der Waals surface area contributed by atoms with Crippen molar-refractivity contribution in [2.24, 2.45) is 0 Å². The summed E-state index contributed by atoms with van der Waals surface area (Å²) in [6.45, 7) is 0. The molecule has 0 unspecified atom stereocenters. The van der Waals surface area contributed by atoms with Crippen molar-refractivity contribution >= 4 is 12.6 Å². The fourth-order valence-electron chi connectivity index (χ4n) is 1.04. The molecule has 4 nitrogen and oxygen atoms in total. The third-order valence-corrected chi connectivity index (χ3v) is 1.72. The summed E-state index contributed by atoms with van der Waals surface area (Å²) in [6, 6.07) is 4.82. The van der Waals surface area contributed by atoms with E-state index < -0.39 is 7.12 Å². The number of rotatable bonds is 3. The molecule has 6 heteroatoms. The first-order valence-corrected chi connectivity index (χ1v) is 3.77. The summed E-state index contributed by atoms with van der Waals surface area (Å²) in [5, 5.41) is 18.0. The molecule has 2 N–H and O–H groups in total. The van der Waals surface area contributed by atoms with Gasteiger partial charge in [-0.1, -0.05) is 0 Å². The second-order valence-corrected chi connectivity index (χ2v) is 2.48. The monoisotopic (exact) mass is 206 g/mol. The van der Waals surface area contributed by atoms with E-state index in [2.05, 4.69) is 0 Å². The second kappa shape index (κ2) is 6.32. The molecule has 14 heavy (non-hydrogen) atoms. The van der Waals surface area contributed by atoms with Gasteiger partial charge in [0, 0.05) is 5.46 Å². The minimum absolute atomic E-state index is 0. The maximum absolute atomic E-state index is 8.98. The summed E-state index contributed by atoms with van der Waals surface area (Å²) in [5.41, 5.74) is 0.293. The molecule has 1 aromatic carbocycles. The van der Waals surface area contributed by atoms with Crippen LogP contribution in [-0.2, 0) is 0 Å². The molecule has 1 aromatic rings. The van der Waals surface area contributed by atoms with E-state index in [1.807, 2.05) is 0 Å². The molecule has 0 spiro atoms. The van der Waals surface area contributed by atoms with Crippen molar-refractivity contribution in [3.05, 3.63) is 18.2 Å². The number of hydrogen-bond donors (Lipinski definition) is 2. The van der Waals surface area contributed by atoms with Crippen LogP contribution in [0.15, 0.2) is 18.2 Å². The molecule has 0 radical (unpaired) electrons. The van der Waals surface area contributed by atoms with E-state index in [1.165, 1.54) is 20.3 Å². The zero-order chi connectivity index (χ0) is 9.84. The van der Waals surface area contributed by atoms with Crippen LogP contribution in [0.5, 0.6) is 11.5 Å². The molecular weight excluding hydrogens is 194 g/mol. The van der Waals surface area contributed by atoms with Crippen molar-refractivity contribution in [2.75, 3.05) is 14.2 Å². The minimum Gasteiger partial charge on any atom is -1.00 e. The summed E-state index contributed by atoms with van der Waals surface area (Å²) in [5.74, 6) is 0.986. The largest absolute Gasteiger partial charge is 1.00 e. The van der Waals surface area contributed by atoms with Crippen LogP contribution in [0.1, 0.15) is 1.43 Å². The molecule has 0 aliphatic carbocycles. The average molecular weight is 206 g/mol. The third kappa shape index (κ3) is 3.18. The standard InChI is InChI=1S/C8H11BO4.Na.H/c1-12-6-3-4-8(13-2)7(5-6)9(10)11;;/h3-5,10-11H,1-2H3;;/q;+1;-1. The van der Waals surface area contributed by atoms with Crippen LogP contribution in [-0.4, -0.2) is 31.4 Å². The first-order valence-electron chi connectivity index (χ1n) is 3.77. The molecule has 0 aliphatic heterocycles. The van der Waals surface area contributed by atoms with Gasteiger partial charge in [-0.15, -0.1) is 0 Å². The number of ether oxygens (including phenoxy) is 2. The molecule has 1 rings (SSSR count). The summed E-state index contributed by atoms with van der Waals surface area (Å²) < 4.78 is 9.86. The van der Waals surface area contributed by atoms with Gasteiger partial charge in [-0.2, -0.15) is 0 Å².